The fourth-order valence-corrected chi connectivity index (χ4v) is 3.61. The highest BCUT2D eigenvalue weighted by Gasteiger charge is 2.25. The minimum atomic E-state index is -3.19. The summed E-state index contributed by atoms with van der Waals surface area (Å²) in [6.45, 7) is 6.70. The molecule has 1 N–H and O–H groups in total. The molecular formula is C17H26N2O4S. The van der Waals surface area contributed by atoms with Crippen molar-refractivity contribution in [2.75, 3.05) is 25.4 Å². The van der Waals surface area contributed by atoms with E-state index in [1.54, 1.807) is 11.8 Å². The monoisotopic (exact) mass is 354 g/mol. The third-order valence-corrected chi connectivity index (χ3v) is 5.93. The summed E-state index contributed by atoms with van der Waals surface area (Å²) in [5.74, 6) is 0.747. The molecule has 0 spiro atoms. The third kappa shape index (κ3) is 4.95. The smallest absolute Gasteiger partial charge is 0.260 e. The summed E-state index contributed by atoms with van der Waals surface area (Å²) in [7, 11) is -3.19. The van der Waals surface area contributed by atoms with E-state index in [2.05, 4.69) is 4.72 Å². The highest BCUT2D eigenvalue weighted by Crippen LogP contribution is 2.20. The first-order valence-corrected chi connectivity index (χ1v) is 9.94. The Kier molecular flexibility index (Phi) is 6.23. The number of piperidine rings is 1. The molecule has 2 rings (SSSR count). The van der Waals surface area contributed by atoms with Gasteiger partial charge in [0.05, 0.1) is 5.75 Å². The molecule has 6 nitrogen and oxygen atoms in total. The number of hydrogen-bond donors (Lipinski definition) is 1. The van der Waals surface area contributed by atoms with Gasteiger partial charge in [-0.05, 0) is 50.8 Å². The predicted molar refractivity (Wildman–Crippen MR) is 93.6 cm³/mol. The van der Waals surface area contributed by atoms with Crippen LogP contribution < -0.4 is 9.46 Å². The minimum Gasteiger partial charge on any atom is -0.483 e. The van der Waals surface area contributed by atoms with Crippen molar-refractivity contribution in [3.63, 3.8) is 0 Å². The van der Waals surface area contributed by atoms with Crippen molar-refractivity contribution < 1.29 is 17.9 Å². The van der Waals surface area contributed by atoms with Crippen molar-refractivity contribution in [1.29, 1.82) is 0 Å². The zero-order valence-corrected chi connectivity index (χ0v) is 15.4. The lowest BCUT2D eigenvalue weighted by atomic mass is 10.1. The Morgan fingerprint density at radius 2 is 1.96 bits per heavy atom. The van der Waals surface area contributed by atoms with Gasteiger partial charge in [-0.3, -0.25) is 4.79 Å². The van der Waals surface area contributed by atoms with Crippen molar-refractivity contribution in [2.24, 2.45) is 0 Å². The number of sulfonamides is 1. The van der Waals surface area contributed by atoms with Crippen molar-refractivity contribution in [3.05, 3.63) is 29.3 Å². The molecule has 1 heterocycles. The second kappa shape index (κ2) is 7.98. The van der Waals surface area contributed by atoms with E-state index in [1.807, 2.05) is 32.0 Å². The lowest BCUT2D eigenvalue weighted by Crippen LogP contribution is -2.47. The molecule has 0 saturated carbocycles. The fraction of sp³-hybridized carbons (Fsp3) is 0.588. The van der Waals surface area contributed by atoms with Crippen LogP contribution in [0.25, 0.3) is 0 Å². The Labute approximate surface area is 144 Å². The van der Waals surface area contributed by atoms with Gasteiger partial charge in [0.25, 0.3) is 5.91 Å². The quantitative estimate of drug-likeness (QED) is 0.842. The van der Waals surface area contributed by atoms with Crippen molar-refractivity contribution in [3.8, 4) is 5.75 Å². The van der Waals surface area contributed by atoms with Gasteiger partial charge in [0.1, 0.15) is 5.75 Å². The third-order valence-electron chi connectivity index (χ3n) is 4.48. The topological polar surface area (TPSA) is 75.7 Å². The van der Waals surface area contributed by atoms with E-state index in [0.29, 0.717) is 25.9 Å². The molecule has 0 unspecified atom stereocenters. The van der Waals surface area contributed by atoms with E-state index in [-0.39, 0.29) is 24.3 Å². The van der Waals surface area contributed by atoms with Gasteiger partial charge in [0, 0.05) is 19.1 Å². The van der Waals surface area contributed by atoms with E-state index in [4.69, 9.17) is 4.74 Å². The molecule has 1 fully saturated rings. The second-order valence-corrected chi connectivity index (χ2v) is 8.21. The molecule has 1 aliphatic rings. The number of benzene rings is 1. The van der Waals surface area contributed by atoms with Crippen LogP contribution in [-0.2, 0) is 14.8 Å². The first kappa shape index (κ1) is 18.7. The van der Waals surface area contributed by atoms with Crippen LogP contribution >= 0.6 is 0 Å². The summed E-state index contributed by atoms with van der Waals surface area (Å²) in [6.07, 6.45) is 1.27. The van der Waals surface area contributed by atoms with Crippen molar-refractivity contribution in [2.45, 2.75) is 39.7 Å². The Morgan fingerprint density at radius 1 is 1.29 bits per heavy atom. The van der Waals surface area contributed by atoms with Crippen molar-refractivity contribution in [1.82, 2.24) is 9.62 Å². The van der Waals surface area contributed by atoms with Gasteiger partial charge in [0.15, 0.2) is 6.61 Å². The predicted octanol–water partition coefficient (Wildman–Crippen LogP) is 1.61. The standard InChI is InChI=1S/C17H26N2O4S/c1-4-24(21,22)18-15-8-10-19(11-9-15)17(20)12-23-16-7-5-6-13(2)14(16)3/h5-7,15,18H,4,8-12H2,1-3H3. The molecule has 24 heavy (non-hydrogen) atoms. The van der Waals surface area contributed by atoms with Crippen LogP contribution in [0, 0.1) is 13.8 Å². The van der Waals surface area contributed by atoms with E-state index < -0.39 is 10.0 Å². The number of nitrogens with zero attached hydrogens (tertiary/aromatic N) is 1. The van der Waals surface area contributed by atoms with Gasteiger partial charge in [-0.1, -0.05) is 12.1 Å². The summed E-state index contributed by atoms with van der Waals surface area (Å²) >= 11 is 0. The average molecular weight is 354 g/mol. The lowest BCUT2D eigenvalue weighted by molar-refractivity contribution is -0.134. The van der Waals surface area contributed by atoms with Gasteiger partial charge in [0.2, 0.25) is 10.0 Å². The average Bonchev–Trinajstić information content (AvgIpc) is 2.56. The molecule has 0 bridgehead atoms. The number of carbonyl (C=O) groups excluding carboxylic acids is 1. The van der Waals surface area contributed by atoms with Crippen LogP contribution in [0.2, 0.25) is 0 Å². The Bertz CT molecular complexity index is 680. The SMILES string of the molecule is CCS(=O)(=O)NC1CCN(C(=O)COc2cccc(C)c2C)CC1. The highest BCUT2D eigenvalue weighted by atomic mass is 32.2. The molecule has 0 atom stereocenters. The van der Waals surface area contributed by atoms with Gasteiger partial charge in [-0.15, -0.1) is 0 Å². The summed E-state index contributed by atoms with van der Waals surface area (Å²) in [6, 6.07) is 5.69. The number of rotatable bonds is 6. The molecule has 1 aromatic carbocycles. The Morgan fingerprint density at radius 3 is 2.58 bits per heavy atom. The number of amides is 1. The van der Waals surface area contributed by atoms with Crippen LogP contribution in [0.5, 0.6) is 5.75 Å². The summed E-state index contributed by atoms with van der Waals surface area (Å²) in [4.78, 5) is 14.0. The zero-order chi connectivity index (χ0) is 17.7. The van der Waals surface area contributed by atoms with Gasteiger partial charge in [-0.25, -0.2) is 13.1 Å². The van der Waals surface area contributed by atoms with Gasteiger partial charge < -0.3 is 9.64 Å². The van der Waals surface area contributed by atoms with Crippen LogP contribution in [0.15, 0.2) is 18.2 Å². The van der Waals surface area contributed by atoms with E-state index >= 15 is 0 Å². The molecule has 1 amide bonds. The number of aryl methyl sites for hydroxylation is 1. The van der Waals surface area contributed by atoms with Crippen LogP contribution in [-0.4, -0.2) is 50.7 Å². The summed E-state index contributed by atoms with van der Waals surface area (Å²) in [5.41, 5.74) is 2.17. The fourth-order valence-electron chi connectivity index (χ4n) is 2.70. The number of hydrogen-bond acceptors (Lipinski definition) is 4. The minimum absolute atomic E-state index is 0.00957. The number of carbonyl (C=O) groups is 1. The first-order valence-electron chi connectivity index (χ1n) is 8.29. The molecule has 1 saturated heterocycles. The van der Waals surface area contributed by atoms with E-state index in [0.717, 1.165) is 16.9 Å². The molecular weight excluding hydrogens is 328 g/mol. The molecule has 1 aromatic rings. The normalized spacial score (nSPS) is 16.2. The number of ether oxygens (including phenoxy) is 1. The second-order valence-electron chi connectivity index (χ2n) is 6.16. The molecule has 0 aromatic heterocycles. The first-order chi connectivity index (χ1) is 11.3. The zero-order valence-electron chi connectivity index (χ0n) is 14.5. The maximum atomic E-state index is 12.3. The van der Waals surface area contributed by atoms with Crippen LogP contribution in [0.4, 0.5) is 0 Å². The van der Waals surface area contributed by atoms with E-state index in [9.17, 15) is 13.2 Å². The molecule has 7 heteroatoms. The summed E-state index contributed by atoms with van der Waals surface area (Å²) < 4.78 is 31.5. The maximum absolute atomic E-state index is 12.3. The lowest BCUT2D eigenvalue weighted by Gasteiger charge is -2.32. The Hall–Kier alpha value is -1.60. The van der Waals surface area contributed by atoms with Crippen LogP contribution in [0.3, 0.4) is 0 Å². The van der Waals surface area contributed by atoms with Gasteiger partial charge in [-0.2, -0.15) is 0 Å². The van der Waals surface area contributed by atoms with Crippen LogP contribution in [0.1, 0.15) is 30.9 Å². The number of likely N-dealkylation sites (tertiary alicyclic amines) is 1. The Balaban J connectivity index is 1.82. The molecule has 1 aliphatic heterocycles. The van der Waals surface area contributed by atoms with E-state index in [1.165, 1.54) is 0 Å². The van der Waals surface area contributed by atoms with Crippen molar-refractivity contribution >= 4 is 15.9 Å². The maximum Gasteiger partial charge on any atom is 0.260 e. The molecule has 134 valence electrons. The highest BCUT2D eigenvalue weighted by molar-refractivity contribution is 7.89. The van der Waals surface area contributed by atoms with Gasteiger partial charge >= 0.3 is 0 Å². The number of nitrogens with one attached hydrogen (secondary N) is 1. The molecule has 0 aliphatic carbocycles. The molecule has 0 radical (unpaired) electrons. The summed E-state index contributed by atoms with van der Waals surface area (Å²) in [5, 5.41) is 0. The largest absolute Gasteiger partial charge is 0.483 e.